The zero-order valence-electron chi connectivity index (χ0n) is 8.97. The molecule has 2 heterocycles. The van der Waals surface area contributed by atoms with Crippen molar-refractivity contribution in [2.45, 2.75) is 18.9 Å². The first-order valence-electron chi connectivity index (χ1n) is 5.07. The highest BCUT2D eigenvalue weighted by Gasteiger charge is 2.44. The normalized spacial score (nSPS) is 24.6. The highest BCUT2D eigenvalue weighted by Crippen LogP contribution is 2.33. The molecule has 4 nitrogen and oxygen atoms in total. The van der Waals surface area contributed by atoms with Crippen LogP contribution < -0.4 is 5.56 Å². The van der Waals surface area contributed by atoms with E-state index in [2.05, 4.69) is 0 Å². The molecular formula is C11H13NO3S. The minimum Gasteiger partial charge on any atom is -0.479 e. The van der Waals surface area contributed by atoms with Gasteiger partial charge >= 0.3 is 5.97 Å². The Kier molecular flexibility index (Phi) is 2.80. The Labute approximate surface area is 97.3 Å². The quantitative estimate of drug-likeness (QED) is 0.838. The Balaban J connectivity index is 2.56. The fourth-order valence-electron chi connectivity index (χ4n) is 1.95. The summed E-state index contributed by atoms with van der Waals surface area (Å²) in [6.45, 7) is 1.82. The average molecular weight is 239 g/mol. The first-order chi connectivity index (χ1) is 7.56. The predicted molar refractivity (Wildman–Crippen MR) is 63.0 cm³/mol. The second-order valence-electron chi connectivity index (χ2n) is 4.05. The van der Waals surface area contributed by atoms with Crippen molar-refractivity contribution in [1.82, 2.24) is 4.57 Å². The van der Waals surface area contributed by atoms with Crippen LogP contribution >= 0.6 is 11.8 Å². The summed E-state index contributed by atoms with van der Waals surface area (Å²) in [5, 5.41) is 9.34. The van der Waals surface area contributed by atoms with Gasteiger partial charge in [-0.3, -0.25) is 9.36 Å². The van der Waals surface area contributed by atoms with Crippen LogP contribution in [0.3, 0.4) is 0 Å². The van der Waals surface area contributed by atoms with Gasteiger partial charge in [0.2, 0.25) is 0 Å². The number of carboxylic acids is 1. The second kappa shape index (κ2) is 3.97. The number of aromatic nitrogens is 1. The Bertz CT molecular complexity index is 474. The number of nitrogens with zero attached hydrogens (tertiary/aromatic N) is 1. The molecule has 1 aromatic heterocycles. The Hall–Kier alpha value is -1.23. The van der Waals surface area contributed by atoms with Gasteiger partial charge in [-0.15, -0.1) is 0 Å². The highest BCUT2D eigenvalue weighted by atomic mass is 32.2. The van der Waals surface area contributed by atoms with Gasteiger partial charge in [-0.05, 0) is 30.7 Å². The third-order valence-corrected chi connectivity index (χ3v) is 4.11. The summed E-state index contributed by atoms with van der Waals surface area (Å²) in [7, 11) is 0. The predicted octanol–water partition coefficient (Wildman–Crippen LogP) is 1.07. The van der Waals surface area contributed by atoms with Crippen LogP contribution in [0.25, 0.3) is 0 Å². The van der Waals surface area contributed by atoms with Crippen molar-refractivity contribution in [2.75, 3.05) is 11.5 Å². The Morgan fingerprint density at radius 2 is 2.38 bits per heavy atom. The van der Waals surface area contributed by atoms with Crippen molar-refractivity contribution in [3.8, 4) is 0 Å². The average Bonchev–Trinajstić information content (AvgIpc) is 2.67. The van der Waals surface area contributed by atoms with Gasteiger partial charge in [0.05, 0.1) is 0 Å². The third-order valence-electron chi connectivity index (χ3n) is 2.94. The van der Waals surface area contributed by atoms with Crippen LogP contribution in [0.5, 0.6) is 0 Å². The molecule has 2 rings (SSSR count). The van der Waals surface area contributed by atoms with Crippen LogP contribution in [0.4, 0.5) is 0 Å². The number of rotatable bonds is 2. The van der Waals surface area contributed by atoms with Crippen molar-refractivity contribution in [1.29, 1.82) is 0 Å². The molecule has 86 valence electrons. The molecule has 0 amide bonds. The highest BCUT2D eigenvalue weighted by molar-refractivity contribution is 7.99. The van der Waals surface area contributed by atoms with Crippen molar-refractivity contribution >= 4 is 17.7 Å². The van der Waals surface area contributed by atoms with Crippen LogP contribution in [0.15, 0.2) is 23.1 Å². The zero-order chi connectivity index (χ0) is 11.8. The molecule has 0 aliphatic carbocycles. The van der Waals surface area contributed by atoms with E-state index in [-0.39, 0.29) is 5.56 Å². The van der Waals surface area contributed by atoms with Gasteiger partial charge < -0.3 is 5.11 Å². The van der Waals surface area contributed by atoms with Gasteiger partial charge in [0.25, 0.3) is 5.56 Å². The molecule has 0 radical (unpaired) electrons. The largest absolute Gasteiger partial charge is 0.479 e. The summed E-state index contributed by atoms with van der Waals surface area (Å²) >= 11 is 1.58. The molecule has 16 heavy (non-hydrogen) atoms. The number of carbonyl (C=O) groups is 1. The van der Waals surface area contributed by atoms with Crippen LogP contribution in [0, 0.1) is 6.92 Å². The van der Waals surface area contributed by atoms with E-state index in [1.165, 1.54) is 10.6 Å². The van der Waals surface area contributed by atoms with Crippen molar-refractivity contribution < 1.29 is 9.90 Å². The monoisotopic (exact) mass is 239 g/mol. The molecule has 0 spiro atoms. The molecule has 1 aromatic rings. The number of aryl methyl sites for hydroxylation is 1. The van der Waals surface area contributed by atoms with E-state index in [1.54, 1.807) is 24.0 Å². The molecule has 5 heteroatoms. The van der Waals surface area contributed by atoms with Gasteiger partial charge in [-0.2, -0.15) is 11.8 Å². The van der Waals surface area contributed by atoms with Crippen LogP contribution in [0.2, 0.25) is 0 Å². The van der Waals surface area contributed by atoms with Gasteiger partial charge in [0.1, 0.15) is 0 Å². The van der Waals surface area contributed by atoms with Crippen molar-refractivity contribution in [3.05, 3.63) is 34.2 Å². The minimum absolute atomic E-state index is 0.232. The minimum atomic E-state index is -1.05. The van der Waals surface area contributed by atoms with Crippen molar-refractivity contribution in [3.63, 3.8) is 0 Å². The molecule has 1 N–H and O–H groups in total. The molecule has 0 saturated carbocycles. The Morgan fingerprint density at radius 1 is 1.62 bits per heavy atom. The summed E-state index contributed by atoms with van der Waals surface area (Å²) in [5.41, 5.74) is -0.424. The lowest BCUT2D eigenvalue weighted by molar-refractivity contribution is -0.146. The maximum atomic E-state index is 11.8. The van der Waals surface area contributed by atoms with E-state index in [4.69, 9.17) is 0 Å². The fourth-order valence-corrected chi connectivity index (χ4v) is 3.32. The fraction of sp³-hybridized carbons (Fsp3) is 0.455. The molecule has 1 unspecified atom stereocenters. The molecule has 0 aromatic carbocycles. The molecule has 1 fully saturated rings. The van der Waals surface area contributed by atoms with E-state index < -0.39 is 11.5 Å². The topological polar surface area (TPSA) is 59.3 Å². The van der Waals surface area contributed by atoms with Crippen LogP contribution in [-0.4, -0.2) is 27.1 Å². The van der Waals surface area contributed by atoms with E-state index in [0.717, 1.165) is 11.3 Å². The van der Waals surface area contributed by atoms with Gasteiger partial charge in [0, 0.05) is 18.0 Å². The molecule has 1 atom stereocenters. The first-order valence-corrected chi connectivity index (χ1v) is 6.23. The summed E-state index contributed by atoms with van der Waals surface area (Å²) in [4.78, 5) is 23.2. The SMILES string of the molecule is Cc1ccn(C2(C(=O)O)CCSC2)c(=O)c1. The van der Waals surface area contributed by atoms with Gasteiger partial charge in [0.15, 0.2) is 5.54 Å². The van der Waals surface area contributed by atoms with E-state index in [9.17, 15) is 14.7 Å². The molecule has 1 aliphatic rings. The lowest BCUT2D eigenvalue weighted by atomic mass is 9.98. The third kappa shape index (κ3) is 1.65. The maximum absolute atomic E-state index is 11.8. The van der Waals surface area contributed by atoms with E-state index in [0.29, 0.717) is 12.2 Å². The summed E-state index contributed by atoms with van der Waals surface area (Å²) in [6.07, 6.45) is 2.10. The number of aliphatic carboxylic acids is 1. The summed E-state index contributed by atoms with van der Waals surface area (Å²) in [5.74, 6) is 0.334. The maximum Gasteiger partial charge on any atom is 0.330 e. The Morgan fingerprint density at radius 3 is 2.88 bits per heavy atom. The first kappa shape index (κ1) is 11.3. The second-order valence-corrected chi connectivity index (χ2v) is 5.16. The molecule has 1 saturated heterocycles. The standard InChI is InChI=1S/C11H13NO3S/c1-8-2-4-12(9(13)6-8)11(10(14)15)3-5-16-7-11/h2,4,6H,3,5,7H2,1H3,(H,14,15). The van der Waals surface area contributed by atoms with Crippen LogP contribution in [-0.2, 0) is 10.3 Å². The molecule has 1 aliphatic heterocycles. The number of carboxylic acid groups (broad SMARTS) is 1. The lowest BCUT2D eigenvalue weighted by Gasteiger charge is -2.25. The summed E-state index contributed by atoms with van der Waals surface area (Å²) < 4.78 is 1.36. The van der Waals surface area contributed by atoms with Crippen molar-refractivity contribution in [2.24, 2.45) is 0 Å². The molecule has 0 bridgehead atoms. The van der Waals surface area contributed by atoms with Gasteiger partial charge in [-0.1, -0.05) is 0 Å². The summed E-state index contributed by atoms with van der Waals surface area (Å²) in [6, 6.07) is 3.25. The zero-order valence-corrected chi connectivity index (χ0v) is 9.79. The lowest BCUT2D eigenvalue weighted by Crippen LogP contribution is -2.47. The number of hydrogen-bond acceptors (Lipinski definition) is 3. The van der Waals surface area contributed by atoms with E-state index in [1.807, 2.05) is 6.92 Å². The number of hydrogen-bond donors (Lipinski definition) is 1. The number of pyridine rings is 1. The molecular weight excluding hydrogens is 226 g/mol. The smallest absolute Gasteiger partial charge is 0.330 e. The van der Waals surface area contributed by atoms with E-state index >= 15 is 0 Å². The number of thioether (sulfide) groups is 1. The van der Waals surface area contributed by atoms with Crippen LogP contribution in [0.1, 0.15) is 12.0 Å². The van der Waals surface area contributed by atoms with Gasteiger partial charge in [-0.25, -0.2) is 4.79 Å².